The highest BCUT2D eigenvalue weighted by atomic mass is 32.2. The molecule has 0 atom stereocenters. The maximum absolute atomic E-state index is 12.2. The summed E-state index contributed by atoms with van der Waals surface area (Å²) in [5, 5.41) is 4.54. The van der Waals surface area contributed by atoms with Crippen molar-refractivity contribution >= 4 is 26.7 Å². The van der Waals surface area contributed by atoms with Gasteiger partial charge in [0.1, 0.15) is 0 Å². The zero-order chi connectivity index (χ0) is 13.3. The second-order valence-corrected chi connectivity index (χ2v) is 5.60. The second kappa shape index (κ2) is 4.74. The van der Waals surface area contributed by atoms with Crippen molar-refractivity contribution in [1.29, 1.82) is 0 Å². The van der Waals surface area contributed by atoms with E-state index < -0.39 is 21.4 Å². The molecule has 0 aromatic carbocycles. The molecule has 1 N–H and O–H groups in total. The van der Waals surface area contributed by atoms with Crippen LogP contribution >= 0.6 is 11.3 Å². The summed E-state index contributed by atoms with van der Waals surface area (Å²) in [7, 11) is -2.78. The Morgan fingerprint density at radius 2 is 2.00 bits per heavy atom. The van der Waals surface area contributed by atoms with Gasteiger partial charge >= 0.3 is 16.4 Å². The van der Waals surface area contributed by atoms with Crippen LogP contribution in [-0.2, 0) is 16.4 Å². The molecule has 0 bridgehead atoms. The summed E-state index contributed by atoms with van der Waals surface area (Å²) in [4.78, 5) is 0. The number of hydrogen-bond donors (Lipinski definition) is 1. The van der Waals surface area contributed by atoms with Crippen molar-refractivity contribution in [2.24, 2.45) is 0 Å². The Bertz CT molecular complexity index is 484. The standard InChI is InChI=1S/C6H9F3N4O2S2/c1-3-10-17(14,15)13(2)5-12-11-4(16-5)6(7,8)9/h10H,3H2,1-2H3. The van der Waals surface area contributed by atoms with Crippen LogP contribution in [0.1, 0.15) is 11.9 Å². The number of halogens is 3. The van der Waals surface area contributed by atoms with Gasteiger partial charge in [-0.3, -0.25) is 0 Å². The van der Waals surface area contributed by atoms with Crippen molar-refractivity contribution in [3.63, 3.8) is 0 Å². The van der Waals surface area contributed by atoms with Crippen molar-refractivity contribution in [3.05, 3.63) is 5.01 Å². The Balaban J connectivity index is 2.99. The Morgan fingerprint density at radius 3 is 2.41 bits per heavy atom. The average Bonchev–Trinajstić information content (AvgIpc) is 2.64. The summed E-state index contributed by atoms with van der Waals surface area (Å²) >= 11 is 0.160. The van der Waals surface area contributed by atoms with Gasteiger partial charge in [-0.15, -0.1) is 10.2 Å². The van der Waals surface area contributed by atoms with Gasteiger partial charge in [-0.1, -0.05) is 18.3 Å². The van der Waals surface area contributed by atoms with E-state index in [2.05, 4.69) is 14.9 Å². The van der Waals surface area contributed by atoms with Crippen LogP contribution < -0.4 is 9.03 Å². The van der Waals surface area contributed by atoms with Crippen LogP contribution in [0.5, 0.6) is 0 Å². The van der Waals surface area contributed by atoms with E-state index >= 15 is 0 Å². The largest absolute Gasteiger partial charge is 0.445 e. The molecule has 0 aliphatic carbocycles. The topological polar surface area (TPSA) is 75.2 Å². The summed E-state index contributed by atoms with van der Waals surface area (Å²) in [6, 6.07) is 0. The number of nitrogens with zero attached hydrogens (tertiary/aromatic N) is 3. The Kier molecular flexibility index (Phi) is 3.94. The Morgan fingerprint density at radius 1 is 1.41 bits per heavy atom. The highest BCUT2D eigenvalue weighted by Crippen LogP contribution is 2.34. The number of alkyl halides is 3. The molecule has 0 spiro atoms. The molecule has 0 fully saturated rings. The first-order chi connectivity index (χ1) is 7.68. The normalized spacial score (nSPS) is 12.8. The number of anilines is 1. The number of rotatable bonds is 4. The first kappa shape index (κ1) is 14.1. The fourth-order valence-corrected chi connectivity index (χ4v) is 2.63. The third-order valence-corrected chi connectivity index (χ3v) is 4.32. The molecule has 1 aromatic rings. The van der Waals surface area contributed by atoms with E-state index in [9.17, 15) is 21.6 Å². The van der Waals surface area contributed by atoms with E-state index in [0.717, 1.165) is 7.05 Å². The van der Waals surface area contributed by atoms with Gasteiger partial charge in [0.05, 0.1) is 0 Å². The molecule has 11 heteroatoms. The van der Waals surface area contributed by atoms with E-state index in [1.165, 1.54) is 0 Å². The molecular weight excluding hydrogens is 281 g/mol. The maximum Gasteiger partial charge on any atom is 0.445 e. The van der Waals surface area contributed by atoms with Crippen molar-refractivity contribution in [3.8, 4) is 0 Å². The minimum absolute atomic E-state index is 0.123. The molecule has 0 saturated carbocycles. The van der Waals surface area contributed by atoms with Gasteiger partial charge in [0.15, 0.2) is 0 Å². The third-order valence-electron chi connectivity index (χ3n) is 1.61. The molecule has 0 saturated heterocycles. The quantitative estimate of drug-likeness (QED) is 0.892. The lowest BCUT2D eigenvalue weighted by molar-refractivity contribution is -0.138. The van der Waals surface area contributed by atoms with E-state index in [1.807, 2.05) is 0 Å². The SMILES string of the molecule is CCNS(=O)(=O)N(C)c1nnc(C(F)(F)F)s1. The third kappa shape index (κ3) is 3.26. The van der Waals surface area contributed by atoms with Crippen LogP contribution in [0, 0.1) is 0 Å². The monoisotopic (exact) mass is 290 g/mol. The van der Waals surface area contributed by atoms with Gasteiger partial charge in [0.25, 0.3) is 0 Å². The van der Waals surface area contributed by atoms with Gasteiger partial charge in [0, 0.05) is 13.6 Å². The van der Waals surface area contributed by atoms with E-state index in [-0.39, 0.29) is 23.0 Å². The lowest BCUT2D eigenvalue weighted by Crippen LogP contribution is -2.38. The smallest absolute Gasteiger partial charge is 0.234 e. The zero-order valence-corrected chi connectivity index (χ0v) is 10.4. The van der Waals surface area contributed by atoms with E-state index in [0.29, 0.717) is 4.31 Å². The van der Waals surface area contributed by atoms with Crippen molar-refractivity contribution in [2.75, 3.05) is 17.9 Å². The summed E-state index contributed by atoms with van der Waals surface area (Å²) in [6.07, 6.45) is -4.63. The minimum atomic E-state index is -4.63. The van der Waals surface area contributed by atoms with Crippen LogP contribution in [0.3, 0.4) is 0 Å². The first-order valence-electron chi connectivity index (χ1n) is 4.32. The second-order valence-electron chi connectivity index (χ2n) is 2.86. The fraction of sp³-hybridized carbons (Fsp3) is 0.667. The molecule has 1 heterocycles. The maximum atomic E-state index is 12.2. The van der Waals surface area contributed by atoms with E-state index in [4.69, 9.17) is 0 Å². The zero-order valence-electron chi connectivity index (χ0n) is 8.82. The summed E-state index contributed by atoms with van der Waals surface area (Å²) < 4.78 is 62.4. The predicted octanol–water partition coefficient (Wildman–Crippen LogP) is 0.847. The molecule has 1 aromatic heterocycles. The Hall–Kier alpha value is -0.940. The molecule has 1 rings (SSSR count). The average molecular weight is 290 g/mol. The number of aromatic nitrogens is 2. The first-order valence-corrected chi connectivity index (χ1v) is 6.58. The highest BCUT2D eigenvalue weighted by molar-refractivity contribution is 7.91. The molecule has 0 unspecified atom stereocenters. The minimum Gasteiger partial charge on any atom is -0.234 e. The molecule has 17 heavy (non-hydrogen) atoms. The highest BCUT2D eigenvalue weighted by Gasteiger charge is 2.36. The predicted molar refractivity (Wildman–Crippen MR) is 55.9 cm³/mol. The molecular formula is C6H9F3N4O2S2. The lowest BCUT2D eigenvalue weighted by atomic mass is 10.7. The molecule has 6 nitrogen and oxygen atoms in total. The summed E-state index contributed by atoms with van der Waals surface area (Å²) in [5.41, 5.74) is 0. The molecule has 0 aliphatic heterocycles. The van der Waals surface area contributed by atoms with Crippen molar-refractivity contribution in [1.82, 2.24) is 14.9 Å². The molecule has 0 radical (unpaired) electrons. The van der Waals surface area contributed by atoms with Crippen LogP contribution in [0.25, 0.3) is 0 Å². The van der Waals surface area contributed by atoms with Gasteiger partial charge in [-0.05, 0) is 0 Å². The summed E-state index contributed by atoms with van der Waals surface area (Å²) in [5.74, 6) is 0. The van der Waals surface area contributed by atoms with Crippen molar-refractivity contribution < 1.29 is 21.6 Å². The molecule has 98 valence electrons. The van der Waals surface area contributed by atoms with Crippen LogP contribution in [0.15, 0.2) is 0 Å². The lowest BCUT2D eigenvalue weighted by Gasteiger charge is -2.14. The molecule has 0 amide bonds. The van der Waals surface area contributed by atoms with Crippen LogP contribution in [0.4, 0.5) is 18.3 Å². The van der Waals surface area contributed by atoms with Crippen LogP contribution in [0.2, 0.25) is 0 Å². The van der Waals surface area contributed by atoms with Gasteiger partial charge in [-0.2, -0.15) is 26.3 Å². The van der Waals surface area contributed by atoms with Gasteiger partial charge in [0.2, 0.25) is 10.1 Å². The van der Waals surface area contributed by atoms with E-state index in [1.54, 1.807) is 6.92 Å². The van der Waals surface area contributed by atoms with Gasteiger partial charge < -0.3 is 0 Å². The fourth-order valence-electron chi connectivity index (χ4n) is 0.839. The number of hydrogen-bond acceptors (Lipinski definition) is 5. The number of nitrogens with one attached hydrogen (secondary N) is 1. The van der Waals surface area contributed by atoms with Crippen LogP contribution in [-0.4, -0.2) is 32.2 Å². The van der Waals surface area contributed by atoms with Crippen molar-refractivity contribution in [2.45, 2.75) is 13.1 Å². The van der Waals surface area contributed by atoms with Gasteiger partial charge in [-0.25, -0.2) is 4.31 Å². The Labute approximate surface area is 99.6 Å². The summed E-state index contributed by atoms with van der Waals surface area (Å²) in [6.45, 7) is 1.67. The molecule has 0 aliphatic rings.